The summed E-state index contributed by atoms with van der Waals surface area (Å²) >= 11 is 0. The Hall–Kier alpha value is -2.27. The number of benzene rings is 2. The summed E-state index contributed by atoms with van der Waals surface area (Å²) in [6, 6.07) is 16.1. The largest absolute Gasteiger partial charge is 0.494 e. The minimum atomic E-state index is 0.701. The zero-order chi connectivity index (χ0) is 15.1. The molecule has 2 aromatic rings. The van der Waals surface area contributed by atoms with Gasteiger partial charge in [-0.05, 0) is 54.3 Å². The fourth-order valence-electron chi connectivity index (χ4n) is 2.33. The molecule has 108 valence electrons. The third-order valence-corrected chi connectivity index (χ3v) is 3.54. The van der Waals surface area contributed by atoms with E-state index in [1.165, 1.54) is 12.8 Å². The topological polar surface area (TPSA) is 33.0 Å². The van der Waals surface area contributed by atoms with Crippen LogP contribution < -0.4 is 4.74 Å². The van der Waals surface area contributed by atoms with Crippen molar-refractivity contribution >= 4 is 0 Å². The number of unbranched alkanes of at least 4 members (excludes halogenated alkanes) is 2. The van der Waals surface area contributed by atoms with Gasteiger partial charge in [0.15, 0.2) is 0 Å². The number of aryl methyl sites for hydroxylation is 1. The van der Waals surface area contributed by atoms with Gasteiger partial charge in [0.2, 0.25) is 0 Å². The molecule has 0 fully saturated rings. The predicted octanol–water partition coefficient (Wildman–Crippen LogP) is 5.10. The van der Waals surface area contributed by atoms with Crippen molar-refractivity contribution in [1.82, 2.24) is 0 Å². The lowest BCUT2D eigenvalue weighted by Gasteiger charge is -2.09. The Balaban J connectivity index is 2.07. The summed E-state index contributed by atoms with van der Waals surface area (Å²) in [6.07, 6.45) is 3.52. The van der Waals surface area contributed by atoms with Gasteiger partial charge in [0.25, 0.3) is 0 Å². The lowest BCUT2D eigenvalue weighted by molar-refractivity contribution is 0.306. The monoisotopic (exact) mass is 279 g/mol. The summed E-state index contributed by atoms with van der Waals surface area (Å²) in [7, 11) is 0. The molecule has 0 bridgehead atoms. The smallest absolute Gasteiger partial charge is 0.119 e. The first-order valence-corrected chi connectivity index (χ1v) is 7.48. The van der Waals surface area contributed by atoms with Crippen LogP contribution in [0.5, 0.6) is 5.75 Å². The molecule has 0 spiro atoms. The molecule has 2 aromatic carbocycles. The van der Waals surface area contributed by atoms with Crippen molar-refractivity contribution < 1.29 is 4.74 Å². The highest BCUT2D eigenvalue weighted by molar-refractivity contribution is 5.68. The third-order valence-electron chi connectivity index (χ3n) is 3.54. The van der Waals surface area contributed by atoms with Crippen molar-refractivity contribution in [2.75, 3.05) is 6.61 Å². The molecule has 2 heteroatoms. The minimum absolute atomic E-state index is 0.701. The van der Waals surface area contributed by atoms with Gasteiger partial charge in [-0.3, -0.25) is 0 Å². The molecule has 0 aliphatic heterocycles. The second-order valence-corrected chi connectivity index (χ2v) is 5.22. The van der Waals surface area contributed by atoms with Gasteiger partial charge in [-0.25, -0.2) is 0 Å². The molecule has 0 aliphatic carbocycles. The number of rotatable bonds is 6. The summed E-state index contributed by atoms with van der Waals surface area (Å²) in [5, 5.41) is 8.91. The average Bonchev–Trinajstić information content (AvgIpc) is 2.52. The van der Waals surface area contributed by atoms with E-state index in [4.69, 9.17) is 10.00 Å². The molecule has 0 heterocycles. The molecule has 0 unspecified atom stereocenters. The van der Waals surface area contributed by atoms with Gasteiger partial charge in [0.05, 0.1) is 18.2 Å². The molecule has 0 radical (unpaired) electrons. The van der Waals surface area contributed by atoms with Crippen LogP contribution >= 0.6 is 0 Å². The van der Waals surface area contributed by atoms with Gasteiger partial charge in [0.1, 0.15) is 5.75 Å². The van der Waals surface area contributed by atoms with Gasteiger partial charge in [0, 0.05) is 0 Å². The lowest BCUT2D eigenvalue weighted by atomic mass is 9.99. The zero-order valence-electron chi connectivity index (χ0n) is 12.7. The molecule has 0 saturated carbocycles. The highest BCUT2D eigenvalue weighted by Crippen LogP contribution is 2.26. The summed E-state index contributed by atoms with van der Waals surface area (Å²) in [4.78, 5) is 0. The van der Waals surface area contributed by atoms with Crippen LogP contribution in [0.15, 0.2) is 42.5 Å². The molecule has 21 heavy (non-hydrogen) atoms. The molecule has 0 aromatic heterocycles. The van der Waals surface area contributed by atoms with E-state index in [9.17, 15) is 0 Å². The highest BCUT2D eigenvalue weighted by atomic mass is 16.5. The maximum atomic E-state index is 8.91. The first-order chi connectivity index (χ1) is 10.2. The third kappa shape index (κ3) is 4.10. The first kappa shape index (κ1) is 15.1. The van der Waals surface area contributed by atoms with E-state index in [0.717, 1.165) is 35.5 Å². The fraction of sp³-hybridized carbons (Fsp3) is 0.316. The quantitative estimate of drug-likeness (QED) is 0.689. The van der Waals surface area contributed by atoms with E-state index in [-0.39, 0.29) is 0 Å². The SMILES string of the molecule is CCCCCOc1ccc(-c2ccc(C#N)cc2C)cc1. The Bertz CT molecular complexity index is 623. The fourth-order valence-corrected chi connectivity index (χ4v) is 2.33. The molecule has 2 rings (SSSR count). The van der Waals surface area contributed by atoms with E-state index in [1.807, 2.05) is 37.3 Å². The number of nitriles is 1. The Morgan fingerprint density at radius 1 is 1.05 bits per heavy atom. The Labute approximate surface area is 127 Å². The van der Waals surface area contributed by atoms with Crippen LogP contribution in [-0.4, -0.2) is 6.61 Å². The summed E-state index contributed by atoms with van der Waals surface area (Å²) in [6.45, 7) is 5.00. The molecule has 0 amide bonds. The molecule has 0 atom stereocenters. The maximum absolute atomic E-state index is 8.91. The number of hydrogen-bond donors (Lipinski definition) is 0. The Kier molecular flexibility index (Phi) is 5.40. The molecular formula is C19H21NO. The standard InChI is InChI=1S/C19H21NO/c1-3-4-5-12-21-18-9-7-17(8-10-18)19-11-6-16(14-20)13-15(19)2/h6-11,13H,3-5,12H2,1-2H3. The van der Waals surface area contributed by atoms with Crippen LogP contribution in [0.25, 0.3) is 11.1 Å². The van der Waals surface area contributed by atoms with E-state index in [1.54, 1.807) is 0 Å². The summed E-state index contributed by atoms with van der Waals surface area (Å²) in [5.41, 5.74) is 4.13. The average molecular weight is 279 g/mol. The van der Waals surface area contributed by atoms with Gasteiger partial charge >= 0.3 is 0 Å². The molecule has 0 aliphatic rings. The number of ether oxygens (including phenoxy) is 1. The van der Waals surface area contributed by atoms with E-state index in [0.29, 0.717) is 5.56 Å². The summed E-state index contributed by atoms with van der Waals surface area (Å²) < 4.78 is 5.72. The lowest BCUT2D eigenvalue weighted by Crippen LogP contribution is -1.96. The van der Waals surface area contributed by atoms with Crippen molar-refractivity contribution in [1.29, 1.82) is 5.26 Å². The van der Waals surface area contributed by atoms with Crippen molar-refractivity contribution in [2.45, 2.75) is 33.1 Å². The van der Waals surface area contributed by atoms with Gasteiger partial charge in [-0.2, -0.15) is 5.26 Å². The summed E-state index contributed by atoms with van der Waals surface area (Å²) in [5.74, 6) is 0.918. The highest BCUT2D eigenvalue weighted by Gasteiger charge is 2.03. The molecule has 2 nitrogen and oxygen atoms in total. The normalized spacial score (nSPS) is 10.1. The zero-order valence-corrected chi connectivity index (χ0v) is 12.7. The maximum Gasteiger partial charge on any atom is 0.119 e. The first-order valence-electron chi connectivity index (χ1n) is 7.48. The second kappa shape index (κ2) is 7.50. The van der Waals surface area contributed by atoms with Crippen molar-refractivity contribution in [2.24, 2.45) is 0 Å². The van der Waals surface area contributed by atoms with Crippen molar-refractivity contribution in [3.8, 4) is 22.9 Å². The molecule has 0 N–H and O–H groups in total. The van der Waals surface area contributed by atoms with Crippen molar-refractivity contribution in [3.63, 3.8) is 0 Å². The number of hydrogen-bond acceptors (Lipinski definition) is 2. The number of nitrogens with zero attached hydrogens (tertiary/aromatic N) is 1. The van der Waals surface area contributed by atoms with Gasteiger partial charge in [-0.1, -0.05) is 38.0 Å². The predicted molar refractivity (Wildman–Crippen MR) is 86.4 cm³/mol. The van der Waals surface area contributed by atoms with Crippen LogP contribution in [0.1, 0.15) is 37.3 Å². The van der Waals surface area contributed by atoms with E-state index < -0.39 is 0 Å². The van der Waals surface area contributed by atoms with Crippen LogP contribution in [0.2, 0.25) is 0 Å². The second-order valence-electron chi connectivity index (χ2n) is 5.22. The van der Waals surface area contributed by atoms with E-state index >= 15 is 0 Å². The van der Waals surface area contributed by atoms with Gasteiger partial charge < -0.3 is 4.74 Å². The van der Waals surface area contributed by atoms with Crippen LogP contribution in [0.4, 0.5) is 0 Å². The molecule has 0 saturated heterocycles. The Morgan fingerprint density at radius 2 is 1.81 bits per heavy atom. The van der Waals surface area contributed by atoms with Crippen LogP contribution in [0.3, 0.4) is 0 Å². The molecular weight excluding hydrogens is 258 g/mol. The van der Waals surface area contributed by atoms with Crippen LogP contribution in [-0.2, 0) is 0 Å². The van der Waals surface area contributed by atoms with Crippen molar-refractivity contribution in [3.05, 3.63) is 53.6 Å². The van der Waals surface area contributed by atoms with Gasteiger partial charge in [-0.15, -0.1) is 0 Å². The van der Waals surface area contributed by atoms with Crippen LogP contribution in [0, 0.1) is 18.3 Å². The van der Waals surface area contributed by atoms with E-state index in [2.05, 4.69) is 25.1 Å². The minimum Gasteiger partial charge on any atom is -0.494 e. The Morgan fingerprint density at radius 3 is 2.43 bits per heavy atom.